The van der Waals surface area contributed by atoms with E-state index in [9.17, 15) is 0 Å². The minimum atomic E-state index is -3.10. The van der Waals surface area contributed by atoms with Crippen molar-refractivity contribution in [3.8, 4) is 39.6 Å². The van der Waals surface area contributed by atoms with E-state index < -0.39 is 8.07 Å². The van der Waals surface area contributed by atoms with Gasteiger partial charge in [0, 0.05) is 49.4 Å². The van der Waals surface area contributed by atoms with E-state index in [2.05, 4.69) is 291 Å². The number of fused-ring (bicyclic) bond motifs is 14. The molecule has 0 amide bonds. The Hall–Kier alpha value is -10.5. The highest BCUT2D eigenvalue weighted by Gasteiger charge is 2.42. The summed E-state index contributed by atoms with van der Waals surface area (Å²) in [6, 6.07) is 106. The summed E-state index contributed by atoms with van der Waals surface area (Å²) in [5, 5.41) is 12.6. The minimum absolute atomic E-state index is 0.430. The highest BCUT2D eigenvalue weighted by Crippen LogP contribution is 2.40. The number of para-hydroxylation sites is 6. The number of ether oxygens (including phenoxy) is 1. The Kier molecular flexibility index (Phi) is 9.99. The zero-order chi connectivity index (χ0) is 53.2. The van der Waals surface area contributed by atoms with Gasteiger partial charge >= 0.3 is 0 Å². The highest BCUT2D eigenvalue weighted by atomic mass is 28.3. The van der Waals surface area contributed by atoms with Crippen molar-refractivity contribution in [3.63, 3.8) is 0 Å². The normalized spacial score (nSPS) is 12.5. The molecule has 17 rings (SSSR count). The lowest BCUT2D eigenvalue weighted by Gasteiger charge is -2.35. The Labute approximate surface area is 467 Å². The molecule has 4 aromatic heterocycles. The van der Waals surface area contributed by atoms with Crippen molar-refractivity contribution < 1.29 is 4.74 Å². The quantitative estimate of drug-likeness (QED) is 0.112. The lowest BCUT2D eigenvalue weighted by molar-refractivity contribution is 0.280. The first-order chi connectivity index (χ1) is 40.2. The molecule has 12 aromatic carbocycles. The molecule has 1 aliphatic rings. The van der Waals surface area contributed by atoms with Crippen LogP contribution in [0.1, 0.15) is 5.82 Å². The number of hydrogen-bond acceptors (Lipinski definition) is 2. The average molecular weight is 1050 g/mol. The van der Waals surface area contributed by atoms with Crippen LogP contribution < -0.4 is 25.5 Å². The second-order valence-electron chi connectivity index (χ2n) is 21.4. The van der Waals surface area contributed by atoms with Gasteiger partial charge in [-0.2, -0.15) is 0 Å². The van der Waals surface area contributed by atoms with Crippen molar-refractivity contribution in [3.05, 3.63) is 291 Å². The van der Waals surface area contributed by atoms with Gasteiger partial charge in [0.1, 0.15) is 12.4 Å². The molecule has 7 heteroatoms. The molecule has 0 saturated carbocycles. The van der Waals surface area contributed by atoms with Crippen molar-refractivity contribution in [2.24, 2.45) is 0 Å². The number of aromatic nitrogens is 5. The van der Waals surface area contributed by atoms with Gasteiger partial charge in [0.05, 0.1) is 49.8 Å². The summed E-state index contributed by atoms with van der Waals surface area (Å²) in [4.78, 5) is 5.05. The SMILES string of the molecule is c1ccc([Si](c2ccccc2)(c2cccc(-c3ccc4nc5n(c4c3)-c3ccccc3OC5)c2)c2cccc(-n3c4ccc(-n5c6ccccc6c6ccccc65)cc4c4cc(-n5c6ccccc6c6ccccc65)ccc43)c2)cc1. The van der Waals surface area contributed by atoms with Gasteiger partial charge in [0.25, 0.3) is 0 Å². The molecule has 0 aliphatic carbocycles. The summed E-state index contributed by atoms with van der Waals surface area (Å²) in [5.74, 6) is 1.78. The van der Waals surface area contributed by atoms with E-state index in [1.54, 1.807) is 0 Å². The van der Waals surface area contributed by atoms with E-state index in [1.165, 1.54) is 75.1 Å². The molecule has 6 nitrogen and oxygen atoms in total. The fourth-order valence-corrected chi connectivity index (χ4v) is 18.5. The van der Waals surface area contributed by atoms with Crippen LogP contribution in [0.15, 0.2) is 285 Å². The zero-order valence-corrected chi connectivity index (χ0v) is 45.0. The first kappa shape index (κ1) is 45.5. The van der Waals surface area contributed by atoms with E-state index in [-0.39, 0.29) is 0 Å². The van der Waals surface area contributed by atoms with Gasteiger partial charge in [-0.15, -0.1) is 0 Å². The third kappa shape index (κ3) is 6.76. The third-order valence-electron chi connectivity index (χ3n) is 17.2. The molecule has 0 unspecified atom stereocenters. The van der Waals surface area contributed by atoms with E-state index in [0.29, 0.717) is 6.61 Å². The Morgan fingerprint density at radius 2 is 0.741 bits per heavy atom. The number of hydrogen-bond donors (Lipinski definition) is 0. The van der Waals surface area contributed by atoms with Crippen LogP contribution in [0.25, 0.3) is 110 Å². The number of rotatable bonds is 8. The standard InChI is InChI=1S/C74H49N5OSi/c1-3-21-54(22-4-1)81(55-23-5-2-6-24-55,56-25-17-19-49(43-56)50-37-40-64-72(44-50)79-71-35-15-16-36-73(71)80-48-74(79)75-64)57-26-18-20-51(45-57)76-69-41-38-52(77-65-31-11-7-27-58(65)59-28-8-12-32-66(59)77)46-62(69)63-47-53(39-42-70(63)76)78-67-33-13-9-29-60(67)61-30-10-14-34-68(61)78/h1-47H,48H2. The van der Waals surface area contributed by atoms with Gasteiger partial charge in [0.2, 0.25) is 0 Å². The molecule has 0 N–H and O–H groups in total. The second kappa shape index (κ2) is 17.8. The molecular weight excluding hydrogens is 1000 g/mol. The maximum Gasteiger partial charge on any atom is 0.179 e. The minimum Gasteiger partial charge on any atom is -0.483 e. The van der Waals surface area contributed by atoms with Gasteiger partial charge in [-0.05, 0) is 129 Å². The Morgan fingerprint density at radius 3 is 1.31 bits per heavy atom. The highest BCUT2D eigenvalue weighted by molar-refractivity contribution is 7.20. The molecule has 0 saturated heterocycles. The monoisotopic (exact) mass is 1050 g/mol. The Morgan fingerprint density at radius 1 is 0.296 bits per heavy atom. The summed E-state index contributed by atoms with van der Waals surface area (Å²) >= 11 is 0. The average Bonchev–Trinajstić information content (AvgIpc) is 4.51. The van der Waals surface area contributed by atoms with Gasteiger partial charge in [0.15, 0.2) is 13.9 Å². The van der Waals surface area contributed by atoms with Crippen LogP contribution in [0, 0.1) is 0 Å². The van der Waals surface area contributed by atoms with Crippen LogP contribution >= 0.6 is 0 Å². The lowest BCUT2D eigenvalue weighted by Crippen LogP contribution is -2.74. The van der Waals surface area contributed by atoms with Gasteiger partial charge < -0.3 is 18.4 Å². The van der Waals surface area contributed by atoms with E-state index in [0.717, 1.165) is 67.5 Å². The summed E-state index contributed by atoms with van der Waals surface area (Å²) in [6.07, 6.45) is 0. The second-order valence-corrected chi connectivity index (χ2v) is 25.2. The number of imidazole rings is 1. The predicted molar refractivity (Wildman–Crippen MR) is 337 cm³/mol. The van der Waals surface area contributed by atoms with Crippen molar-refractivity contribution in [2.75, 3.05) is 0 Å². The van der Waals surface area contributed by atoms with Crippen LogP contribution in [0.3, 0.4) is 0 Å². The molecule has 0 spiro atoms. The molecular formula is C74H49N5OSi. The van der Waals surface area contributed by atoms with Crippen LogP contribution in [0.4, 0.5) is 0 Å². The summed E-state index contributed by atoms with van der Waals surface area (Å²) in [6.45, 7) is 0.430. The maximum absolute atomic E-state index is 6.15. The zero-order valence-electron chi connectivity index (χ0n) is 44.0. The largest absolute Gasteiger partial charge is 0.483 e. The first-order valence-corrected chi connectivity index (χ1v) is 29.8. The summed E-state index contributed by atoms with van der Waals surface area (Å²) in [7, 11) is -3.10. The first-order valence-electron chi connectivity index (χ1n) is 27.8. The smallest absolute Gasteiger partial charge is 0.179 e. The van der Waals surface area contributed by atoms with E-state index in [1.807, 2.05) is 12.1 Å². The molecule has 0 bridgehead atoms. The molecule has 0 fully saturated rings. The van der Waals surface area contributed by atoms with Crippen LogP contribution in [0.2, 0.25) is 0 Å². The number of benzene rings is 12. The lowest BCUT2D eigenvalue weighted by atomic mass is 10.1. The molecule has 5 heterocycles. The van der Waals surface area contributed by atoms with Gasteiger partial charge in [-0.1, -0.05) is 188 Å². The summed E-state index contributed by atoms with van der Waals surface area (Å²) in [5.41, 5.74) is 15.7. The van der Waals surface area contributed by atoms with E-state index >= 15 is 0 Å². The van der Waals surface area contributed by atoms with Crippen molar-refractivity contribution in [1.82, 2.24) is 23.3 Å². The topological polar surface area (TPSA) is 41.8 Å². The van der Waals surface area contributed by atoms with Gasteiger partial charge in [-0.3, -0.25) is 4.57 Å². The molecule has 81 heavy (non-hydrogen) atoms. The Balaban J connectivity index is 0.897. The molecule has 0 radical (unpaired) electrons. The Bertz CT molecular complexity index is 4880. The predicted octanol–water partition coefficient (Wildman–Crippen LogP) is 15.3. The van der Waals surface area contributed by atoms with Crippen LogP contribution in [-0.4, -0.2) is 31.3 Å². The van der Waals surface area contributed by atoms with Crippen LogP contribution in [0.5, 0.6) is 5.75 Å². The van der Waals surface area contributed by atoms with Crippen LogP contribution in [-0.2, 0) is 6.61 Å². The molecule has 380 valence electrons. The van der Waals surface area contributed by atoms with Crippen molar-refractivity contribution in [2.45, 2.75) is 6.61 Å². The maximum atomic E-state index is 6.15. The molecule has 1 aliphatic heterocycles. The van der Waals surface area contributed by atoms with Crippen molar-refractivity contribution >= 4 is 105 Å². The van der Waals surface area contributed by atoms with Gasteiger partial charge in [-0.25, -0.2) is 4.98 Å². The number of nitrogens with zero attached hydrogens (tertiary/aromatic N) is 5. The fraction of sp³-hybridized carbons (Fsp3) is 0.0135. The van der Waals surface area contributed by atoms with E-state index in [4.69, 9.17) is 9.72 Å². The molecule has 16 aromatic rings. The summed E-state index contributed by atoms with van der Waals surface area (Å²) < 4.78 is 15.8. The fourth-order valence-electron chi connectivity index (χ4n) is 13.7. The third-order valence-corrected chi connectivity index (χ3v) is 21.9. The molecule has 0 atom stereocenters. The van der Waals surface area contributed by atoms with Crippen molar-refractivity contribution in [1.29, 1.82) is 0 Å².